The number of unbranched alkanes of at least 4 members (excludes halogenated alkanes) is 1. The van der Waals surface area contributed by atoms with Crippen molar-refractivity contribution in [2.24, 2.45) is 0 Å². The topological polar surface area (TPSA) is 138 Å². The van der Waals surface area contributed by atoms with Gasteiger partial charge in [-0.25, -0.2) is 18.7 Å². The van der Waals surface area contributed by atoms with Crippen LogP contribution >= 0.6 is 0 Å². The summed E-state index contributed by atoms with van der Waals surface area (Å²) >= 11 is 0. The molecule has 1 aromatic rings. The second-order valence-electron chi connectivity index (χ2n) is 8.77. The van der Waals surface area contributed by atoms with Gasteiger partial charge in [0.05, 0.1) is 11.5 Å². The van der Waals surface area contributed by atoms with E-state index in [2.05, 4.69) is 10.8 Å². The summed E-state index contributed by atoms with van der Waals surface area (Å²) < 4.78 is 46.9. The van der Waals surface area contributed by atoms with E-state index in [9.17, 15) is 18.0 Å². The molecule has 202 valence electrons. The molecule has 0 bridgehead atoms. The van der Waals surface area contributed by atoms with Crippen LogP contribution in [0.4, 0.5) is 0 Å². The Hall–Kier alpha value is -2.25. The highest BCUT2D eigenvalue weighted by atomic mass is 32.2. The first-order valence-electron chi connectivity index (χ1n) is 12.3. The lowest BCUT2D eigenvalue weighted by atomic mass is 9.98. The van der Waals surface area contributed by atoms with Crippen molar-refractivity contribution in [1.29, 1.82) is 0 Å². The number of hydroxylamine groups is 1. The third-order valence-corrected chi connectivity index (χ3v) is 8.78. The molecule has 2 amide bonds. The Labute approximate surface area is 212 Å². The lowest BCUT2D eigenvalue weighted by Gasteiger charge is -2.35. The summed E-state index contributed by atoms with van der Waals surface area (Å²) in [5.41, 5.74) is 2.35. The summed E-state index contributed by atoms with van der Waals surface area (Å²) in [6, 6.07) is 6.02. The molecule has 1 unspecified atom stereocenters. The number of methoxy groups -OCH3 is 1. The Morgan fingerprint density at radius 1 is 1.08 bits per heavy atom. The van der Waals surface area contributed by atoms with Crippen LogP contribution in [0.3, 0.4) is 0 Å². The molecule has 1 atom stereocenters. The minimum atomic E-state index is -4.06. The molecule has 2 aliphatic rings. The van der Waals surface area contributed by atoms with E-state index in [1.54, 1.807) is 12.1 Å². The van der Waals surface area contributed by atoms with Crippen molar-refractivity contribution in [1.82, 2.24) is 10.8 Å². The second-order valence-corrected chi connectivity index (χ2v) is 11.0. The number of ether oxygens (including phenoxy) is 4. The van der Waals surface area contributed by atoms with Gasteiger partial charge < -0.3 is 24.3 Å². The summed E-state index contributed by atoms with van der Waals surface area (Å²) in [7, 11) is -2.56. The summed E-state index contributed by atoms with van der Waals surface area (Å²) in [5.74, 6) is -0.301. The number of nitrogens with one attached hydrogen (secondary N) is 2. The number of sulfone groups is 1. The molecule has 0 aliphatic carbocycles. The third-order valence-electron chi connectivity index (χ3n) is 6.26. The fourth-order valence-electron chi connectivity index (χ4n) is 4.09. The Kier molecular flexibility index (Phi) is 10.9. The van der Waals surface area contributed by atoms with Gasteiger partial charge in [0, 0.05) is 39.8 Å². The molecule has 2 fully saturated rings. The van der Waals surface area contributed by atoms with Gasteiger partial charge in [-0.05, 0) is 62.8 Å². The van der Waals surface area contributed by atoms with Gasteiger partial charge in [-0.2, -0.15) is 0 Å². The van der Waals surface area contributed by atoms with E-state index in [4.69, 9.17) is 23.8 Å². The van der Waals surface area contributed by atoms with Gasteiger partial charge >= 0.3 is 0 Å². The summed E-state index contributed by atoms with van der Waals surface area (Å²) in [5, 5.41) is 2.61. The summed E-state index contributed by atoms with van der Waals surface area (Å²) in [4.78, 5) is 30.1. The van der Waals surface area contributed by atoms with E-state index in [1.807, 2.05) is 0 Å². The molecule has 0 saturated carbocycles. The van der Waals surface area contributed by atoms with Crippen LogP contribution in [0.15, 0.2) is 29.2 Å². The number of carbonyl (C=O) groups excluding carboxylic acids is 2. The Bertz CT molecular complexity index is 941. The third kappa shape index (κ3) is 7.39. The molecule has 3 rings (SSSR count). The highest BCUT2D eigenvalue weighted by Crippen LogP contribution is 2.36. The van der Waals surface area contributed by atoms with E-state index < -0.39 is 26.8 Å². The van der Waals surface area contributed by atoms with Crippen LogP contribution < -0.4 is 15.5 Å². The zero-order valence-electron chi connectivity index (χ0n) is 20.7. The van der Waals surface area contributed by atoms with Gasteiger partial charge in [-0.3, -0.25) is 9.59 Å². The monoisotopic (exact) mass is 528 g/mol. The zero-order valence-corrected chi connectivity index (χ0v) is 21.5. The van der Waals surface area contributed by atoms with Crippen molar-refractivity contribution < 1.29 is 41.8 Å². The molecule has 1 aromatic carbocycles. The lowest BCUT2D eigenvalue weighted by Crippen LogP contribution is -2.56. The minimum absolute atomic E-state index is 0.0201. The van der Waals surface area contributed by atoms with Gasteiger partial charge in [0.1, 0.15) is 12.5 Å². The van der Waals surface area contributed by atoms with E-state index in [-0.39, 0.29) is 43.6 Å². The number of amides is 2. The SMILES string of the molecule is COCNC(=O)CCCCOc1ccc(S(=O)(=O)C2(C(=O)NOC3CCCCO3)CCOCC2)cc1. The molecule has 2 saturated heterocycles. The summed E-state index contributed by atoms with van der Waals surface area (Å²) in [6.07, 6.45) is 3.60. The number of hydrogen-bond donors (Lipinski definition) is 2. The van der Waals surface area contributed by atoms with Crippen molar-refractivity contribution in [3.63, 3.8) is 0 Å². The van der Waals surface area contributed by atoms with Crippen LogP contribution in [0, 0.1) is 0 Å². The van der Waals surface area contributed by atoms with E-state index in [0.29, 0.717) is 44.6 Å². The first-order valence-corrected chi connectivity index (χ1v) is 13.8. The van der Waals surface area contributed by atoms with Crippen molar-refractivity contribution in [2.75, 3.05) is 40.3 Å². The fourth-order valence-corrected chi connectivity index (χ4v) is 6.03. The largest absolute Gasteiger partial charge is 0.494 e. The van der Waals surface area contributed by atoms with Crippen LogP contribution in [0.25, 0.3) is 0 Å². The van der Waals surface area contributed by atoms with Crippen LogP contribution in [0.5, 0.6) is 5.75 Å². The van der Waals surface area contributed by atoms with Crippen molar-refractivity contribution in [2.45, 2.75) is 67.3 Å². The number of rotatable bonds is 13. The number of benzene rings is 1. The summed E-state index contributed by atoms with van der Waals surface area (Å²) in [6.45, 7) is 1.40. The fraction of sp³-hybridized carbons (Fsp3) is 0.667. The van der Waals surface area contributed by atoms with Crippen molar-refractivity contribution in [3.05, 3.63) is 24.3 Å². The predicted octanol–water partition coefficient (Wildman–Crippen LogP) is 1.85. The van der Waals surface area contributed by atoms with Gasteiger partial charge in [0.15, 0.2) is 20.9 Å². The Morgan fingerprint density at radius 3 is 2.50 bits per heavy atom. The number of carbonyl (C=O) groups is 2. The van der Waals surface area contributed by atoms with Crippen molar-refractivity contribution in [3.8, 4) is 5.75 Å². The highest BCUT2D eigenvalue weighted by Gasteiger charge is 2.52. The highest BCUT2D eigenvalue weighted by molar-refractivity contribution is 7.93. The molecular formula is C24H36N2O9S. The Morgan fingerprint density at radius 2 is 1.83 bits per heavy atom. The van der Waals surface area contributed by atoms with Crippen LogP contribution in [0.1, 0.15) is 51.4 Å². The van der Waals surface area contributed by atoms with Gasteiger partial charge in [0.25, 0.3) is 5.91 Å². The molecular weight excluding hydrogens is 492 g/mol. The van der Waals surface area contributed by atoms with E-state index >= 15 is 0 Å². The number of hydrogen-bond acceptors (Lipinski definition) is 9. The lowest BCUT2D eigenvalue weighted by molar-refractivity contribution is -0.202. The molecule has 11 nitrogen and oxygen atoms in total. The molecule has 2 N–H and O–H groups in total. The maximum Gasteiger partial charge on any atom is 0.265 e. The van der Waals surface area contributed by atoms with Crippen LogP contribution in [-0.2, 0) is 38.5 Å². The smallest absolute Gasteiger partial charge is 0.265 e. The van der Waals surface area contributed by atoms with E-state index in [1.165, 1.54) is 19.2 Å². The molecule has 2 aliphatic heterocycles. The van der Waals surface area contributed by atoms with Gasteiger partial charge in [0.2, 0.25) is 5.91 Å². The van der Waals surface area contributed by atoms with Crippen LogP contribution in [-0.4, -0.2) is 71.5 Å². The molecule has 0 aromatic heterocycles. The molecule has 36 heavy (non-hydrogen) atoms. The maximum atomic E-state index is 13.7. The molecule has 0 spiro atoms. The van der Waals surface area contributed by atoms with Gasteiger partial charge in [-0.15, -0.1) is 0 Å². The molecule has 0 radical (unpaired) electrons. The first-order chi connectivity index (χ1) is 17.4. The molecule has 12 heteroatoms. The quantitative estimate of drug-likeness (QED) is 0.223. The minimum Gasteiger partial charge on any atom is -0.494 e. The zero-order chi connectivity index (χ0) is 25.9. The standard InChI is InChI=1S/C24H36N2O9S/c1-31-18-25-21(27)6-2-4-14-33-19-8-10-20(11-9-19)36(29,30)24(12-16-32-17-13-24)23(28)26-35-22-7-3-5-15-34-22/h8-11,22H,2-7,12-18H2,1H3,(H,25,27)(H,26,28). The van der Waals surface area contributed by atoms with Crippen molar-refractivity contribution >= 4 is 21.7 Å². The van der Waals surface area contributed by atoms with E-state index in [0.717, 1.165) is 12.8 Å². The predicted molar refractivity (Wildman–Crippen MR) is 129 cm³/mol. The maximum absolute atomic E-state index is 13.7. The Balaban J connectivity index is 1.58. The van der Waals surface area contributed by atoms with Crippen LogP contribution in [0.2, 0.25) is 0 Å². The second kappa shape index (κ2) is 13.9. The first kappa shape index (κ1) is 28.3. The van der Waals surface area contributed by atoms with Gasteiger partial charge in [-0.1, -0.05) is 0 Å². The average molecular weight is 529 g/mol. The average Bonchev–Trinajstić information content (AvgIpc) is 2.91. The molecule has 2 heterocycles. The normalized spacial score (nSPS) is 19.9.